The summed E-state index contributed by atoms with van der Waals surface area (Å²) in [4.78, 5) is 15.9. The van der Waals surface area contributed by atoms with E-state index in [9.17, 15) is 13.2 Å². The number of benzene rings is 1. The number of ether oxygens (including phenoxy) is 1. The smallest absolute Gasteiger partial charge is 0.251 e. The minimum Gasteiger partial charge on any atom is -0.379 e. The Kier molecular flexibility index (Phi) is 6.84. The zero-order chi connectivity index (χ0) is 20.1. The van der Waals surface area contributed by atoms with Crippen LogP contribution in [0, 0.1) is 0 Å². The molecule has 0 saturated carbocycles. The molecule has 1 N–H and O–H groups in total. The number of nitrogens with one attached hydrogen (secondary N) is 1. The lowest BCUT2D eigenvalue weighted by molar-refractivity contribution is 0.0730. The van der Waals surface area contributed by atoms with Crippen LogP contribution in [-0.4, -0.2) is 70.5 Å². The summed E-state index contributed by atoms with van der Waals surface area (Å²) in [6, 6.07) is 10.2. The highest BCUT2D eigenvalue weighted by molar-refractivity contribution is 7.89. The molecule has 3 rings (SSSR count). The molecule has 152 valence electrons. The van der Waals surface area contributed by atoms with E-state index < -0.39 is 10.0 Å². The van der Waals surface area contributed by atoms with E-state index in [2.05, 4.69) is 10.2 Å². The first-order chi connectivity index (χ1) is 13.4. The molecule has 1 saturated heterocycles. The zero-order valence-corrected chi connectivity index (χ0v) is 17.6. The van der Waals surface area contributed by atoms with Crippen molar-refractivity contribution >= 4 is 27.3 Å². The predicted octanol–water partition coefficient (Wildman–Crippen LogP) is 1.80. The summed E-state index contributed by atoms with van der Waals surface area (Å²) in [5, 5.41) is 4.96. The molecule has 1 aromatic carbocycles. The Hall–Kier alpha value is -1.78. The van der Waals surface area contributed by atoms with E-state index in [1.54, 1.807) is 23.5 Å². The topological polar surface area (TPSA) is 79.0 Å². The van der Waals surface area contributed by atoms with Gasteiger partial charge < -0.3 is 15.0 Å². The second-order valence-electron chi connectivity index (χ2n) is 6.75. The normalized spacial score (nSPS) is 16.8. The van der Waals surface area contributed by atoms with Crippen LogP contribution in [0.25, 0.3) is 0 Å². The van der Waals surface area contributed by atoms with Gasteiger partial charge in [0.2, 0.25) is 10.0 Å². The Bertz CT molecular complexity index is 874. The average molecular weight is 424 g/mol. The lowest BCUT2D eigenvalue weighted by Crippen LogP contribution is -2.40. The Morgan fingerprint density at radius 3 is 2.46 bits per heavy atom. The van der Waals surface area contributed by atoms with Crippen molar-refractivity contribution in [3.8, 4) is 0 Å². The molecule has 1 atom stereocenters. The van der Waals surface area contributed by atoms with Crippen LogP contribution in [0.1, 0.15) is 21.3 Å². The molecule has 0 aliphatic carbocycles. The molecule has 1 aromatic heterocycles. The molecule has 1 fully saturated rings. The maximum Gasteiger partial charge on any atom is 0.251 e. The van der Waals surface area contributed by atoms with Crippen molar-refractivity contribution in [3.63, 3.8) is 0 Å². The summed E-state index contributed by atoms with van der Waals surface area (Å²) in [6.45, 7) is 1.96. The van der Waals surface area contributed by atoms with E-state index in [-0.39, 0.29) is 16.8 Å². The van der Waals surface area contributed by atoms with Crippen LogP contribution < -0.4 is 5.32 Å². The average Bonchev–Trinajstić information content (AvgIpc) is 3.23. The summed E-state index contributed by atoms with van der Waals surface area (Å²) in [6.07, 6.45) is 0. The quantitative estimate of drug-likeness (QED) is 0.735. The monoisotopic (exact) mass is 423 g/mol. The van der Waals surface area contributed by atoms with E-state index in [4.69, 9.17) is 4.74 Å². The van der Waals surface area contributed by atoms with Crippen molar-refractivity contribution < 1.29 is 17.9 Å². The lowest BCUT2D eigenvalue weighted by Gasteiger charge is -2.26. The Labute approximate surface area is 170 Å². The number of rotatable bonds is 7. The second kappa shape index (κ2) is 9.15. The minimum atomic E-state index is -3.55. The van der Waals surface area contributed by atoms with Crippen LogP contribution >= 0.6 is 11.3 Å². The van der Waals surface area contributed by atoms with Gasteiger partial charge in [-0.1, -0.05) is 6.07 Å². The van der Waals surface area contributed by atoms with Gasteiger partial charge in [-0.3, -0.25) is 4.79 Å². The largest absolute Gasteiger partial charge is 0.379 e. The van der Waals surface area contributed by atoms with Gasteiger partial charge in [0, 0.05) is 30.1 Å². The number of sulfonamides is 1. The number of hydrogen-bond acceptors (Lipinski definition) is 6. The van der Waals surface area contributed by atoms with Crippen LogP contribution in [-0.2, 0) is 14.8 Å². The van der Waals surface area contributed by atoms with E-state index in [1.807, 2.05) is 31.6 Å². The van der Waals surface area contributed by atoms with E-state index in [0.717, 1.165) is 0 Å². The molecule has 2 heterocycles. The third-order valence-electron chi connectivity index (χ3n) is 4.68. The zero-order valence-electron chi connectivity index (χ0n) is 16.0. The van der Waals surface area contributed by atoms with Crippen molar-refractivity contribution in [2.24, 2.45) is 0 Å². The first-order valence-corrected chi connectivity index (χ1v) is 11.4. The van der Waals surface area contributed by atoms with Crippen LogP contribution in [0.2, 0.25) is 0 Å². The molecule has 28 heavy (non-hydrogen) atoms. The van der Waals surface area contributed by atoms with Crippen molar-refractivity contribution in [2.75, 3.05) is 46.9 Å². The van der Waals surface area contributed by atoms with Crippen LogP contribution in [0.4, 0.5) is 0 Å². The Balaban J connectivity index is 1.65. The molecular formula is C19H25N3O4S2. The number of thiophene rings is 1. The van der Waals surface area contributed by atoms with E-state index in [0.29, 0.717) is 38.4 Å². The lowest BCUT2D eigenvalue weighted by atomic mass is 10.2. The third kappa shape index (κ3) is 4.79. The van der Waals surface area contributed by atoms with Gasteiger partial charge in [-0.15, -0.1) is 11.3 Å². The van der Waals surface area contributed by atoms with Gasteiger partial charge in [0.05, 0.1) is 24.2 Å². The fourth-order valence-corrected chi connectivity index (χ4v) is 5.35. The summed E-state index contributed by atoms with van der Waals surface area (Å²) in [5.74, 6) is -0.223. The third-order valence-corrected chi connectivity index (χ3v) is 7.56. The second-order valence-corrected chi connectivity index (χ2v) is 9.66. The predicted molar refractivity (Wildman–Crippen MR) is 109 cm³/mol. The van der Waals surface area contributed by atoms with Crippen molar-refractivity contribution in [2.45, 2.75) is 10.9 Å². The molecule has 9 heteroatoms. The van der Waals surface area contributed by atoms with Gasteiger partial charge >= 0.3 is 0 Å². The Morgan fingerprint density at radius 2 is 1.89 bits per heavy atom. The van der Waals surface area contributed by atoms with E-state index in [1.165, 1.54) is 21.3 Å². The summed E-state index contributed by atoms with van der Waals surface area (Å²) >= 11 is 1.65. The fraction of sp³-hybridized carbons (Fsp3) is 0.421. The van der Waals surface area contributed by atoms with Crippen molar-refractivity contribution in [1.82, 2.24) is 14.5 Å². The highest BCUT2D eigenvalue weighted by Crippen LogP contribution is 2.22. The molecule has 0 bridgehead atoms. The number of carbonyl (C=O) groups is 1. The number of carbonyl (C=O) groups excluding carboxylic acids is 1. The van der Waals surface area contributed by atoms with Crippen LogP contribution in [0.3, 0.4) is 0 Å². The highest BCUT2D eigenvalue weighted by atomic mass is 32.2. The van der Waals surface area contributed by atoms with Gasteiger partial charge in [0.15, 0.2) is 0 Å². The van der Waals surface area contributed by atoms with E-state index >= 15 is 0 Å². The molecule has 2 aromatic rings. The maximum atomic E-state index is 12.7. The first kappa shape index (κ1) is 20.9. The van der Waals surface area contributed by atoms with Crippen LogP contribution in [0.15, 0.2) is 46.7 Å². The summed E-state index contributed by atoms with van der Waals surface area (Å²) < 4.78 is 31.9. The first-order valence-electron chi connectivity index (χ1n) is 9.05. The SMILES string of the molecule is CN(C)[C@@H](CNC(=O)c1ccc(S(=O)(=O)N2CCOCC2)cc1)c1cccs1. The van der Waals surface area contributed by atoms with Crippen LogP contribution in [0.5, 0.6) is 0 Å². The molecule has 0 unspecified atom stereocenters. The number of likely N-dealkylation sites (N-methyl/N-ethyl adjacent to an activating group) is 1. The number of amides is 1. The molecule has 0 radical (unpaired) electrons. The number of morpholine rings is 1. The van der Waals surface area contributed by atoms with Gasteiger partial charge in [-0.25, -0.2) is 8.42 Å². The summed E-state index contributed by atoms with van der Waals surface area (Å²) in [7, 11) is 0.393. The standard InChI is InChI=1S/C19H25N3O4S2/c1-21(2)17(18-4-3-13-27-18)14-20-19(23)15-5-7-16(8-6-15)28(24,25)22-9-11-26-12-10-22/h3-8,13,17H,9-12,14H2,1-2H3,(H,20,23)/t17-/m0/s1. The molecule has 0 spiro atoms. The minimum absolute atomic E-state index is 0.0879. The molecular weight excluding hydrogens is 398 g/mol. The van der Waals surface area contributed by atoms with Gasteiger partial charge in [-0.05, 0) is 49.8 Å². The van der Waals surface area contributed by atoms with Gasteiger partial charge in [-0.2, -0.15) is 4.31 Å². The van der Waals surface area contributed by atoms with Crippen molar-refractivity contribution in [1.29, 1.82) is 0 Å². The molecule has 7 nitrogen and oxygen atoms in total. The summed E-state index contributed by atoms with van der Waals surface area (Å²) in [5.41, 5.74) is 0.435. The highest BCUT2D eigenvalue weighted by Gasteiger charge is 2.26. The molecule has 1 amide bonds. The van der Waals surface area contributed by atoms with Crippen molar-refractivity contribution in [3.05, 3.63) is 52.2 Å². The van der Waals surface area contributed by atoms with Gasteiger partial charge in [0.1, 0.15) is 0 Å². The fourth-order valence-electron chi connectivity index (χ4n) is 3.02. The number of hydrogen-bond donors (Lipinski definition) is 1. The maximum absolute atomic E-state index is 12.7. The molecule has 1 aliphatic heterocycles. The Morgan fingerprint density at radius 1 is 1.21 bits per heavy atom. The molecule has 1 aliphatic rings. The van der Waals surface area contributed by atoms with Gasteiger partial charge in [0.25, 0.3) is 5.91 Å². The number of nitrogens with zero attached hydrogens (tertiary/aromatic N) is 2.